The van der Waals surface area contributed by atoms with Crippen LogP contribution in [0.4, 0.5) is 17.5 Å². The Bertz CT molecular complexity index is 2700. The Labute approximate surface area is 447 Å². The predicted molar refractivity (Wildman–Crippen MR) is 292 cm³/mol. The Morgan fingerprint density at radius 2 is 1.66 bits per heavy atom. The minimum Gasteiger partial charge on any atom is -0.494 e. The molecule has 0 radical (unpaired) electrons. The van der Waals surface area contributed by atoms with E-state index in [9.17, 15) is 19.2 Å². The molecule has 4 heterocycles. The summed E-state index contributed by atoms with van der Waals surface area (Å²) < 4.78 is 19.1. The number of carbonyl (C=O) groups excluding carboxylic acids is 4. The zero-order chi connectivity index (χ0) is 52.0. The SMILES string of the molecule is Cc1ncsc1-c1ccc(CNC(=O)[C@@H]2CCCN2C(=O)C(C(C)C)N2Cc3ccccc3C2=O)c(OCCCCOCCCCOc2ccc(Nc3ncc(Br)c(NCCCN(C)C(=O)C4CCC4)n3)cc2)c1. The van der Waals surface area contributed by atoms with E-state index in [0.29, 0.717) is 88.5 Å². The second-order valence-corrected chi connectivity index (χ2v) is 21.4. The summed E-state index contributed by atoms with van der Waals surface area (Å²) >= 11 is 5.11. The summed E-state index contributed by atoms with van der Waals surface area (Å²) in [6.07, 6.45) is 10.3. The van der Waals surface area contributed by atoms with Crippen molar-refractivity contribution in [1.29, 1.82) is 0 Å². The zero-order valence-corrected chi connectivity index (χ0v) is 45.5. The summed E-state index contributed by atoms with van der Waals surface area (Å²) in [5.74, 6) is 2.44. The zero-order valence-electron chi connectivity index (χ0n) is 43.1. The van der Waals surface area contributed by atoms with Gasteiger partial charge in [-0.15, -0.1) is 11.3 Å². The number of likely N-dealkylation sites (tertiary alicyclic amines) is 1. The molecule has 2 atom stereocenters. The molecule has 0 bridgehead atoms. The maximum Gasteiger partial charge on any atom is 0.255 e. The molecule has 1 unspecified atom stereocenters. The number of benzene rings is 3. The average Bonchev–Trinajstić information content (AvgIpc) is 4.14. The number of nitrogens with zero attached hydrogens (tertiary/aromatic N) is 6. The molecule has 74 heavy (non-hydrogen) atoms. The van der Waals surface area contributed by atoms with Crippen LogP contribution in [-0.2, 0) is 32.2 Å². The molecular formula is C56H70BrN9O7S. The number of aromatic nitrogens is 3. The number of amides is 4. The molecule has 4 amide bonds. The molecule has 3 N–H and O–H groups in total. The quantitative estimate of drug-likeness (QED) is 0.0425. The van der Waals surface area contributed by atoms with Crippen molar-refractivity contribution in [2.75, 3.05) is 63.7 Å². The van der Waals surface area contributed by atoms with Crippen molar-refractivity contribution in [3.63, 3.8) is 0 Å². The molecule has 1 saturated carbocycles. The van der Waals surface area contributed by atoms with Crippen LogP contribution in [-0.4, -0.2) is 118 Å². The lowest BCUT2D eigenvalue weighted by Crippen LogP contribution is -2.55. The lowest BCUT2D eigenvalue weighted by Gasteiger charge is -2.35. The number of fused-ring (bicyclic) bond motifs is 1. The first-order chi connectivity index (χ1) is 35.9. The fourth-order valence-electron chi connectivity index (χ4n) is 9.61. The van der Waals surface area contributed by atoms with E-state index >= 15 is 0 Å². The number of carbonyl (C=O) groups is 4. The van der Waals surface area contributed by atoms with Crippen molar-refractivity contribution in [1.82, 2.24) is 35.0 Å². The van der Waals surface area contributed by atoms with E-state index in [0.717, 1.165) is 94.5 Å². The van der Waals surface area contributed by atoms with Crippen LogP contribution in [0.3, 0.4) is 0 Å². The van der Waals surface area contributed by atoms with Crippen LogP contribution in [0, 0.1) is 18.8 Å². The molecule has 3 aromatic carbocycles. The van der Waals surface area contributed by atoms with Gasteiger partial charge in [0.25, 0.3) is 5.91 Å². The normalized spacial score (nSPS) is 15.7. The number of aryl methyl sites for hydroxylation is 1. The molecule has 0 spiro atoms. The number of hydrogen-bond acceptors (Lipinski definition) is 13. The lowest BCUT2D eigenvalue weighted by atomic mass is 9.84. The molecule has 16 nitrogen and oxygen atoms in total. The molecule has 2 fully saturated rings. The summed E-state index contributed by atoms with van der Waals surface area (Å²) in [7, 11) is 1.88. The van der Waals surface area contributed by atoms with E-state index in [1.807, 2.05) is 105 Å². The van der Waals surface area contributed by atoms with Gasteiger partial charge in [0.1, 0.15) is 29.4 Å². The summed E-state index contributed by atoms with van der Waals surface area (Å²) in [6.45, 7) is 10.7. The molecule has 2 aliphatic heterocycles. The Balaban J connectivity index is 0.726. The molecule has 1 saturated heterocycles. The molecule has 8 rings (SSSR count). The molecule has 5 aromatic rings. The standard InChI is InChI=1S/C56H70BrN9O7S/c1-37(2)49(66-35-42-14-5-6-17-45(42)54(66)69)55(70)65-27-12-18-47(65)52(67)59-33-41-20-19-40(50-38(3)61-36-74-50)32-48(41)73-31-10-8-29-71-28-7-9-30-72-44-23-21-43(22-24-44)62-56-60-34-46(57)51(63-56)58-25-13-26-64(4)53(68)39-15-11-16-39/h5-6,14,17,19-24,32,34,36-37,39,47,49H,7-13,15-16,18,25-31,33,35H2,1-4H3,(H,59,67)(H2,58,60,62,63)/t47-,49?/m0/s1. The van der Waals surface area contributed by atoms with E-state index in [-0.39, 0.29) is 42.0 Å². The number of nitrogens with one attached hydrogen (secondary N) is 3. The van der Waals surface area contributed by atoms with Crippen LogP contribution < -0.4 is 25.4 Å². The van der Waals surface area contributed by atoms with Crippen LogP contribution in [0.15, 0.2) is 82.9 Å². The van der Waals surface area contributed by atoms with Crippen molar-refractivity contribution in [3.8, 4) is 21.9 Å². The van der Waals surface area contributed by atoms with Crippen molar-refractivity contribution < 1.29 is 33.4 Å². The van der Waals surface area contributed by atoms with Gasteiger partial charge in [-0.1, -0.05) is 50.6 Å². The van der Waals surface area contributed by atoms with Gasteiger partial charge >= 0.3 is 0 Å². The van der Waals surface area contributed by atoms with E-state index in [1.54, 1.807) is 27.3 Å². The summed E-state index contributed by atoms with van der Waals surface area (Å²) in [4.78, 5) is 73.7. The second kappa shape index (κ2) is 26.4. The van der Waals surface area contributed by atoms with E-state index < -0.39 is 12.1 Å². The van der Waals surface area contributed by atoms with Crippen LogP contribution in [0.25, 0.3) is 10.4 Å². The van der Waals surface area contributed by atoms with Gasteiger partial charge in [0.15, 0.2) is 0 Å². The van der Waals surface area contributed by atoms with E-state index in [1.165, 1.54) is 0 Å². The fraction of sp³-hybridized carbons (Fsp3) is 0.482. The topological polar surface area (TPSA) is 180 Å². The first kappa shape index (κ1) is 54.2. The average molecular weight is 1090 g/mol. The largest absolute Gasteiger partial charge is 0.494 e. The lowest BCUT2D eigenvalue weighted by molar-refractivity contribution is -0.143. The third-order valence-electron chi connectivity index (χ3n) is 14.0. The highest BCUT2D eigenvalue weighted by molar-refractivity contribution is 9.10. The molecular weight excluding hydrogens is 1020 g/mol. The van der Waals surface area contributed by atoms with Gasteiger partial charge in [-0.3, -0.25) is 19.2 Å². The van der Waals surface area contributed by atoms with Gasteiger partial charge in [-0.25, -0.2) is 9.97 Å². The fourth-order valence-corrected chi connectivity index (χ4v) is 10.7. The Hall–Kier alpha value is -6.11. The minimum atomic E-state index is -0.665. The molecule has 18 heteroatoms. The highest BCUT2D eigenvalue weighted by Crippen LogP contribution is 2.34. The van der Waals surface area contributed by atoms with Crippen LogP contribution in [0.5, 0.6) is 11.5 Å². The predicted octanol–water partition coefficient (Wildman–Crippen LogP) is 9.80. The minimum absolute atomic E-state index is 0.130. The monoisotopic (exact) mass is 1090 g/mol. The number of ether oxygens (including phenoxy) is 3. The Kier molecular flexibility index (Phi) is 19.3. The number of anilines is 3. The van der Waals surface area contributed by atoms with Crippen molar-refractivity contribution in [2.45, 2.75) is 110 Å². The molecule has 1 aliphatic carbocycles. The third kappa shape index (κ3) is 14.0. The highest BCUT2D eigenvalue weighted by atomic mass is 79.9. The Morgan fingerprint density at radius 1 is 0.905 bits per heavy atom. The molecule has 394 valence electrons. The first-order valence-corrected chi connectivity index (χ1v) is 27.8. The maximum atomic E-state index is 14.2. The van der Waals surface area contributed by atoms with E-state index in [2.05, 4.69) is 46.8 Å². The van der Waals surface area contributed by atoms with Gasteiger partial charge in [-0.2, -0.15) is 4.98 Å². The van der Waals surface area contributed by atoms with Crippen molar-refractivity contribution in [2.24, 2.45) is 11.8 Å². The number of thiazole rings is 1. The number of hydrogen-bond donors (Lipinski definition) is 3. The van der Waals surface area contributed by atoms with Crippen molar-refractivity contribution in [3.05, 3.63) is 105 Å². The van der Waals surface area contributed by atoms with Gasteiger partial charge in [0, 0.05) is 81.9 Å². The third-order valence-corrected chi connectivity index (χ3v) is 15.5. The summed E-state index contributed by atoms with van der Waals surface area (Å²) in [5.41, 5.74) is 7.02. The first-order valence-electron chi connectivity index (χ1n) is 26.2. The van der Waals surface area contributed by atoms with Crippen LogP contribution >= 0.6 is 27.3 Å². The summed E-state index contributed by atoms with van der Waals surface area (Å²) in [6, 6.07) is 20.0. The Morgan fingerprint density at radius 3 is 2.38 bits per heavy atom. The van der Waals surface area contributed by atoms with Crippen molar-refractivity contribution >= 4 is 68.3 Å². The maximum absolute atomic E-state index is 14.2. The summed E-state index contributed by atoms with van der Waals surface area (Å²) in [5, 5.41) is 9.74. The number of unbranched alkanes of at least 4 members (excludes halogenated alkanes) is 2. The van der Waals surface area contributed by atoms with Gasteiger partial charge in [-0.05, 0) is 134 Å². The number of halogens is 1. The van der Waals surface area contributed by atoms with Crippen LogP contribution in [0.1, 0.15) is 105 Å². The highest BCUT2D eigenvalue weighted by Gasteiger charge is 2.44. The molecule has 2 aromatic heterocycles. The van der Waals surface area contributed by atoms with E-state index in [4.69, 9.17) is 14.2 Å². The number of rotatable bonds is 27. The van der Waals surface area contributed by atoms with Gasteiger partial charge in [0.05, 0.1) is 33.8 Å². The smallest absolute Gasteiger partial charge is 0.255 e. The van der Waals surface area contributed by atoms with Gasteiger partial charge < -0.3 is 44.9 Å². The second-order valence-electron chi connectivity index (χ2n) is 19.7. The van der Waals surface area contributed by atoms with Gasteiger partial charge in [0.2, 0.25) is 23.7 Å². The van der Waals surface area contributed by atoms with Crippen LogP contribution in [0.2, 0.25) is 0 Å². The molecule has 3 aliphatic rings.